The van der Waals surface area contributed by atoms with E-state index >= 15 is 0 Å². The number of nitrogens with zero attached hydrogens (tertiary/aromatic N) is 1. The van der Waals surface area contributed by atoms with Crippen molar-refractivity contribution in [2.45, 2.75) is 26.3 Å². The second kappa shape index (κ2) is 5.95. The smallest absolute Gasteiger partial charge is 0.309 e. The molecule has 2 atom stereocenters. The number of benzene rings is 1. The van der Waals surface area contributed by atoms with Gasteiger partial charge in [0.2, 0.25) is 0 Å². The third-order valence-corrected chi connectivity index (χ3v) is 4.82. The molecule has 0 fully saturated rings. The average molecular weight is 299 g/mol. The molecule has 1 aliphatic carbocycles. The predicted octanol–water partition coefficient (Wildman–Crippen LogP) is 2.54. The van der Waals surface area contributed by atoms with Gasteiger partial charge in [0, 0.05) is 18.7 Å². The molecule has 0 saturated carbocycles. The fourth-order valence-electron chi connectivity index (χ4n) is 3.63. The van der Waals surface area contributed by atoms with Crippen molar-refractivity contribution in [1.29, 1.82) is 0 Å². The van der Waals surface area contributed by atoms with E-state index in [-0.39, 0.29) is 23.7 Å². The Labute approximate surface area is 130 Å². The van der Waals surface area contributed by atoms with Crippen molar-refractivity contribution in [3.63, 3.8) is 0 Å². The maximum atomic E-state index is 12.7. The summed E-state index contributed by atoms with van der Waals surface area (Å²) in [5.74, 6) is -0.359. The van der Waals surface area contributed by atoms with Crippen LogP contribution < -0.4 is 0 Å². The number of esters is 1. The van der Waals surface area contributed by atoms with Crippen LogP contribution in [0.2, 0.25) is 0 Å². The summed E-state index contributed by atoms with van der Waals surface area (Å²) in [6.45, 7) is 3.30. The molecule has 22 heavy (non-hydrogen) atoms. The van der Waals surface area contributed by atoms with Crippen molar-refractivity contribution in [1.82, 2.24) is 4.90 Å². The standard InChI is InChI=1S/C18H21NO3/c1-12-15(18(21)22-2)9-8-14-11-19(17(20)16(12)14)10-13-6-4-3-5-7-13/h3-7,12,15H,8-11H2,1-2H3/t12-,15-/m0/s1. The summed E-state index contributed by atoms with van der Waals surface area (Å²) in [5, 5.41) is 0. The second-order valence-electron chi connectivity index (χ2n) is 6.12. The van der Waals surface area contributed by atoms with E-state index in [1.165, 1.54) is 12.7 Å². The van der Waals surface area contributed by atoms with Gasteiger partial charge < -0.3 is 9.64 Å². The van der Waals surface area contributed by atoms with E-state index < -0.39 is 0 Å². The molecule has 0 bridgehead atoms. The van der Waals surface area contributed by atoms with Crippen LogP contribution in [0, 0.1) is 11.8 Å². The lowest BCUT2D eigenvalue weighted by molar-refractivity contribution is -0.147. The monoisotopic (exact) mass is 299 g/mol. The van der Waals surface area contributed by atoms with E-state index in [4.69, 9.17) is 4.74 Å². The third kappa shape index (κ3) is 2.54. The highest BCUT2D eigenvalue weighted by atomic mass is 16.5. The molecule has 1 aliphatic heterocycles. The summed E-state index contributed by atoms with van der Waals surface area (Å²) in [4.78, 5) is 26.5. The molecule has 4 nitrogen and oxygen atoms in total. The minimum absolute atomic E-state index is 0.0514. The van der Waals surface area contributed by atoms with E-state index in [2.05, 4.69) is 0 Å². The van der Waals surface area contributed by atoms with Gasteiger partial charge in [-0.25, -0.2) is 0 Å². The number of hydrogen-bond acceptors (Lipinski definition) is 3. The number of carbonyl (C=O) groups excluding carboxylic acids is 2. The molecular weight excluding hydrogens is 278 g/mol. The minimum Gasteiger partial charge on any atom is -0.469 e. The molecule has 1 aromatic rings. The van der Waals surface area contributed by atoms with Gasteiger partial charge in [-0.2, -0.15) is 0 Å². The van der Waals surface area contributed by atoms with E-state index in [9.17, 15) is 9.59 Å². The van der Waals surface area contributed by atoms with Crippen molar-refractivity contribution >= 4 is 11.9 Å². The molecule has 4 heteroatoms. The van der Waals surface area contributed by atoms with Crippen molar-refractivity contribution in [2.24, 2.45) is 11.8 Å². The Morgan fingerprint density at radius 3 is 2.73 bits per heavy atom. The topological polar surface area (TPSA) is 46.6 Å². The first-order valence-electron chi connectivity index (χ1n) is 7.74. The normalized spacial score (nSPS) is 24.5. The van der Waals surface area contributed by atoms with Gasteiger partial charge in [-0.3, -0.25) is 9.59 Å². The Morgan fingerprint density at radius 2 is 2.05 bits per heavy atom. The quantitative estimate of drug-likeness (QED) is 0.806. The number of ether oxygens (including phenoxy) is 1. The fraction of sp³-hybridized carbons (Fsp3) is 0.444. The number of rotatable bonds is 3. The molecule has 1 amide bonds. The molecule has 2 aliphatic rings. The lowest BCUT2D eigenvalue weighted by Gasteiger charge is -2.27. The zero-order valence-corrected chi connectivity index (χ0v) is 13.0. The molecule has 3 rings (SSSR count). The summed E-state index contributed by atoms with van der Waals surface area (Å²) in [7, 11) is 1.41. The van der Waals surface area contributed by atoms with Gasteiger partial charge in [0.15, 0.2) is 0 Å². The van der Waals surface area contributed by atoms with Crippen molar-refractivity contribution in [2.75, 3.05) is 13.7 Å². The highest BCUT2D eigenvalue weighted by Gasteiger charge is 2.42. The zero-order chi connectivity index (χ0) is 15.7. The Hall–Kier alpha value is -2.10. The Bertz CT molecular complexity index is 620. The Morgan fingerprint density at radius 1 is 1.32 bits per heavy atom. The summed E-state index contributed by atoms with van der Waals surface area (Å²) in [6.07, 6.45) is 1.59. The van der Waals surface area contributed by atoms with Crippen LogP contribution in [0.5, 0.6) is 0 Å². The summed E-state index contributed by atoms with van der Waals surface area (Å²) >= 11 is 0. The van der Waals surface area contributed by atoms with Gasteiger partial charge in [-0.15, -0.1) is 0 Å². The van der Waals surface area contributed by atoms with Crippen LogP contribution in [0.1, 0.15) is 25.3 Å². The van der Waals surface area contributed by atoms with E-state index in [0.717, 1.165) is 24.0 Å². The lowest BCUT2D eigenvalue weighted by atomic mass is 9.77. The fourth-order valence-corrected chi connectivity index (χ4v) is 3.63. The highest BCUT2D eigenvalue weighted by Crippen LogP contribution is 2.40. The van der Waals surface area contributed by atoms with Crippen LogP contribution in [-0.2, 0) is 20.9 Å². The largest absolute Gasteiger partial charge is 0.469 e. The predicted molar refractivity (Wildman–Crippen MR) is 82.8 cm³/mol. The zero-order valence-electron chi connectivity index (χ0n) is 13.0. The maximum Gasteiger partial charge on any atom is 0.309 e. The average Bonchev–Trinajstić information content (AvgIpc) is 2.85. The number of carbonyl (C=O) groups is 2. The highest BCUT2D eigenvalue weighted by molar-refractivity contribution is 5.98. The van der Waals surface area contributed by atoms with E-state index in [1.807, 2.05) is 42.2 Å². The van der Waals surface area contributed by atoms with Gasteiger partial charge in [0.1, 0.15) is 0 Å². The van der Waals surface area contributed by atoms with E-state index in [0.29, 0.717) is 13.1 Å². The van der Waals surface area contributed by atoms with Crippen LogP contribution >= 0.6 is 0 Å². The first-order valence-corrected chi connectivity index (χ1v) is 7.74. The molecule has 0 aromatic heterocycles. The molecule has 0 N–H and O–H groups in total. The third-order valence-electron chi connectivity index (χ3n) is 4.82. The molecule has 0 spiro atoms. The van der Waals surface area contributed by atoms with Crippen LogP contribution in [0.25, 0.3) is 0 Å². The molecule has 1 aromatic carbocycles. The van der Waals surface area contributed by atoms with Gasteiger partial charge in [0.25, 0.3) is 5.91 Å². The molecule has 0 unspecified atom stereocenters. The van der Waals surface area contributed by atoms with Crippen LogP contribution in [-0.4, -0.2) is 30.4 Å². The van der Waals surface area contributed by atoms with Gasteiger partial charge in [-0.05, 0) is 29.9 Å². The number of hydrogen-bond donors (Lipinski definition) is 0. The second-order valence-corrected chi connectivity index (χ2v) is 6.12. The van der Waals surface area contributed by atoms with Gasteiger partial charge >= 0.3 is 5.97 Å². The lowest BCUT2D eigenvalue weighted by Crippen LogP contribution is -2.32. The van der Waals surface area contributed by atoms with Crippen molar-refractivity contribution in [3.8, 4) is 0 Å². The first-order chi connectivity index (χ1) is 10.6. The van der Waals surface area contributed by atoms with E-state index in [1.54, 1.807) is 0 Å². The van der Waals surface area contributed by atoms with Crippen LogP contribution in [0.4, 0.5) is 0 Å². The maximum absolute atomic E-state index is 12.7. The SMILES string of the molecule is COC(=O)[C@H]1CCC2=C(C(=O)N(Cc3ccccc3)C2)[C@H]1C. The molecule has 1 heterocycles. The molecular formula is C18H21NO3. The molecule has 0 saturated heterocycles. The Kier molecular flexibility index (Phi) is 4.01. The van der Waals surface area contributed by atoms with Crippen molar-refractivity contribution in [3.05, 3.63) is 47.0 Å². The number of methoxy groups -OCH3 is 1. The summed E-state index contributed by atoms with van der Waals surface area (Å²) in [5.41, 5.74) is 3.18. The summed E-state index contributed by atoms with van der Waals surface area (Å²) in [6, 6.07) is 10.0. The first kappa shape index (κ1) is 14.8. The van der Waals surface area contributed by atoms with Crippen LogP contribution in [0.15, 0.2) is 41.5 Å². The van der Waals surface area contributed by atoms with Gasteiger partial charge in [-0.1, -0.05) is 37.3 Å². The molecule has 116 valence electrons. The molecule has 0 radical (unpaired) electrons. The van der Waals surface area contributed by atoms with Gasteiger partial charge in [0.05, 0.1) is 13.0 Å². The van der Waals surface area contributed by atoms with Crippen molar-refractivity contribution < 1.29 is 14.3 Å². The number of amides is 1. The summed E-state index contributed by atoms with van der Waals surface area (Å²) < 4.78 is 4.88. The minimum atomic E-state index is -0.201. The van der Waals surface area contributed by atoms with Crippen LogP contribution in [0.3, 0.4) is 0 Å². The Balaban J connectivity index is 1.76.